The zero-order chi connectivity index (χ0) is 23.8. The number of nitrogens with one attached hydrogen (secondary N) is 1. The van der Waals surface area contributed by atoms with E-state index < -0.39 is 22.8 Å². The summed E-state index contributed by atoms with van der Waals surface area (Å²) in [6.45, 7) is 1.73. The minimum Gasteiger partial charge on any atom is -0.477 e. The summed E-state index contributed by atoms with van der Waals surface area (Å²) >= 11 is 1.22. The molecule has 10 nitrogen and oxygen atoms in total. The second-order valence-electron chi connectivity index (χ2n) is 8.36. The number of fused-ring (bicyclic) bond motifs is 1. The number of halogens is 1. The van der Waals surface area contributed by atoms with Gasteiger partial charge < -0.3 is 20.1 Å². The van der Waals surface area contributed by atoms with E-state index in [1.165, 1.54) is 22.1 Å². The van der Waals surface area contributed by atoms with E-state index in [1.54, 1.807) is 10.3 Å². The van der Waals surface area contributed by atoms with Crippen molar-refractivity contribution in [3.05, 3.63) is 45.4 Å². The van der Waals surface area contributed by atoms with Crippen molar-refractivity contribution in [1.82, 2.24) is 19.9 Å². The summed E-state index contributed by atoms with van der Waals surface area (Å²) in [4.78, 5) is 46.9. The second-order valence-corrected chi connectivity index (χ2v) is 9.24. The first kappa shape index (κ1) is 22.4. The number of carboxylic acids is 1. The SMILES string of the molecule is O=C(O)c1cn(-c2nccs2)c2nc(N3CC(C(=O)NCC4CCCCO4)C3)c(F)cc2c1=O. The van der Waals surface area contributed by atoms with Crippen molar-refractivity contribution in [3.8, 4) is 5.13 Å². The number of pyridine rings is 2. The molecule has 3 aromatic heterocycles. The first-order valence-corrected chi connectivity index (χ1v) is 11.8. The highest BCUT2D eigenvalue weighted by Crippen LogP contribution is 2.29. The highest BCUT2D eigenvalue weighted by molar-refractivity contribution is 7.12. The number of carbonyl (C=O) groups excluding carboxylic acids is 1. The average Bonchev–Trinajstić information content (AvgIpc) is 3.33. The predicted octanol–water partition coefficient (Wildman–Crippen LogP) is 1.80. The van der Waals surface area contributed by atoms with Crippen molar-refractivity contribution in [2.75, 3.05) is 31.1 Å². The molecule has 0 bridgehead atoms. The maximum absolute atomic E-state index is 15.0. The molecule has 2 saturated heterocycles. The van der Waals surface area contributed by atoms with Gasteiger partial charge in [0.1, 0.15) is 5.56 Å². The molecule has 3 aromatic rings. The van der Waals surface area contributed by atoms with Crippen LogP contribution in [-0.4, -0.2) is 63.9 Å². The van der Waals surface area contributed by atoms with Crippen LogP contribution in [0.4, 0.5) is 10.2 Å². The van der Waals surface area contributed by atoms with Crippen LogP contribution in [0.5, 0.6) is 0 Å². The van der Waals surface area contributed by atoms with E-state index in [9.17, 15) is 23.9 Å². The first-order chi connectivity index (χ1) is 16.4. The van der Waals surface area contributed by atoms with Gasteiger partial charge in [-0.3, -0.25) is 14.2 Å². The summed E-state index contributed by atoms with van der Waals surface area (Å²) in [5.74, 6) is -2.60. The Labute approximate surface area is 197 Å². The number of hydrogen-bond donors (Lipinski definition) is 2. The molecule has 2 N–H and O–H groups in total. The first-order valence-electron chi connectivity index (χ1n) is 11.0. The van der Waals surface area contributed by atoms with Gasteiger partial charge in [0.15, 0.2) is 22.4 Å². The Morgan fingerprint density at radius 1 is 1.32 bits per heavy atom. The maximum atomic E-state index is 15.0. The largest absolute Gasteiger partial charge is 0.477 e. The highest BCUT2D eigenvalue weighted by atomic mass is 32.1. The van der Waals surface area contributed by atoms with Gasteiger partial charge in [-0.05, 0) is 25.3 Å². The summed E-state index contributed by atoms with van der Waals surface area (Å²) in [7, 11) is 0. The molecule has 1 unspecified atom stereocenters. The molecule has 0 radical (unpaired) electrons. The van der Waals surface area contributed by atoms with Crippen molar-refractivity contribution in [1.29, 1.82) is 0 Å². The van der Waals surface area contributed by atoms with Gasteiger partial charge in [-0.25, -0.2) is 19.2 Å². The quantitative estimate of drug-likeness (QED) is 0.539. The Morgan fingerprint density at radius 3 is 2.82 bits per heavy atom. The molecule has 5 rings (SSSR count). The van der Waals surface area contributed by atoms with E-state index in [1.807, 2.05) is 0 Å². The normalized spacial score (nSPS) is 18.6. The number of nitrogens with zero attached hydrogens (tertiary/aromatic N) is 4. The molecule has 0 aliphatic carbocycles. The van der Waals surface area contributed by atoms with E-state index in [0.717, 1.165) is 31.5 Å². The zero-order valence-corrected chi connectivity index (χ0v) is 18.9. The van der Waals surface area contributed by atoms with Crippen molar-refractivity contribution < 1.29 is 23.8 Å². The summed E-state index contributed by atoms with van der Waals surface area (Å²) in [6.07, 6.45) is 5.77. The summed E-state index contributed by atoms with van der Waals surface area (Å²) < 4.78 is 22.0. The fourth-order valence-corrected chi connectivity index (χ4v) is 4.83. The molecule has 1 amide bonds. The van der Waals surface area contributed by atoms with Crippen LogP contribution in [0.3, 0.4) is 0 Å². The van der Waals surface area contributed by atoms with Crippen molar-refractivity contribution in [3.63, 3.8) is 0 Å². The van der Waals surface area contributed by atoms with E-state index in [2.05, 4.69) is 15.3 Å². The van der Waals surface area contributed by atoms with Gasteiger partial charge in [0.25, 0.3) is 0 Å². The lowest BCUT2D eigenvalue weighted by Gasteiger charge is -2.39. The number of aromatic nitrogens is 3. The molecule has 0 spiro atoms. The number of aromatic carboxylic acids is 1. The molecule has 34 heavy (non-hydrogen) atoms. The van der Waals surface area contributed by atoms with Gasteiger partial charge in [0.05, 0.1) is 17.4 Å². The summed E-state index contributed by atoms with van der Waals surface area (Å²) in [5, 5.41) is 14.3. The Morgan fingerprint density at radius 2 is 2.15 bits per heavy atom. The molecule has 2 aliphatic rings. The molecule has 0 aromatic carbocycles. The van der Waals surface area contributed by atoms with Crippen LogP contribution in [0.25, 0.3) is 16.2 Å². The maximum Gasteiger partial charge on any atom is 0.341 e. The number of carbonyl (C=O) groups is 2. The lowest BCUT2D eigenvalue weighted by Crippen LogP contribution is -2.55. The van der Waals surface area contributed by atoms with Gasteiger partial charge in [-0.15, -0.1) is 11.3 Å². The van der Waals surface area contributed by atoms with Crippen LogP contribution >= 0.6 is 11.3 Å². The van der Waals surface area contributed by atoms with Crippen LogP contribution in [0.15, 0.2) is 28.6 Å². The van der Waals surface area contributed by atoms with Gasteiger partial charge >= 0.3 is 5.97 Å². The van der Waals surface area contributed by atoms with E-state index in [0.29, 0.717) is 18.3 Å². The molecule has 2 aliphatic heterocycles. The highest BCUT2D eigenvalue weighted by Gasteiger charge is 2.35. The fourth-order valence-electron chi connectivity index (χ4n) is 4.21. The average molecular weight is 488 g/mol. The molecule has 178 valence electrons. The van der Waals surface area contributed by atoms with Crippen LogP contribution in [0, 0.1) is 11.7 Å². The van der Waals surface area contributed by atoms with E-state index in [4.69, 9.17) is 4.74 Å². The number of amides is 1. The molecule has 1 atom stereocenters. The lowest BCUT2D eigenvalue weighted by atomic mass is 9.98. The zero-order valence-electron chi connectivity index (χ0n) is 18.1. The number of carboxylic acid groups (broad SMARTS) is 1. The summed E-state index contributed by atoms with van der Waals surface area (Å²) in [5.41, 5.74) is -1.22. The second kappa shape index (κ2) is 9.11. The summed E-state index contributed by atoms with van der Waals surface area (Å²) in [6, 6.07) is 1.00. The minimum atomic E-state index is -1.42. The van der Waals surface area contributed by atoms with Crippen LogP contribution in [0.1, 0.15) is 29.6 Å². The number of rotatable bonds is 6. The molecular formula is C22H22FN5O5S. The molecule has 5 heterocycles. The predicted molar refractivity (Wildman–Crippen MR) is 122 cm³/mol. The smallest absolute Gasteiger partial charge is 0.341 e. The van der Waals surface area contributed by atoms with Crippen molar-refractivity contribution in [2.24, 2.45) is 5.92 Å². The molecule has 12 heteroatoms. The number of anilines is 1. The third-order valence-corrected chi connectivity index (χ3v) is 6.87. The Balaban J connectivity index is 1.38. The lowest BCUT2D eigenvalue weighted by molar-refractivity contribution is -0.126. The third kappa shape index (κ3) is 4.14. The standard InChI is InChI=1S/C22H22FN5O5S/c23-16-7-14-17(29)15(21(31)32)11-28(22-24-4-6-34-22)18(14)26-19(16)27-9-12(10-27)20(30)25-8-13-3-1-2-5-33-13/h4,6-7,11-13H,1-3,5,8-10H2,(H,25,30)(H,31,32). The van der Waals surface area contributed by atoms with Crippen LogP contribution in [-0.2, 0) is 9.53 Å². The van der Waals surface area contributed by atoms with Crippen molar-refractivity contribution >= 4 is 40.1 Å². The molecule has 2 fully saturated rings. The molecular weight excluding hydrogens is 465 g/mol. The van der Waals surface area contributed by atoms with Gasteiger partial charge in [-0.2, -0.15) is 0 Å². The topological polar surface area (TPSA) is 127 Å². The minimum absolute atomic E-state index is 0.0000510. The Bertz CT molecular complexity index is 1300. The van der Waals surface area contributed by atoms with Crippen molar-refractivity contribution in [2.45, 2.75) is 25.4 Å². The van der Waals surface area contributed by atoms with E-state index >= 15 is 0 Å². The van der Waals surface area contributed by atoms with Gasteiger partial charge in [0, 0.05) is 44.0 Å². The third-order valence-electron chi connectivity index (χ3n) is 6.10. The Hall–Kier alpha value is -3.38. The fraction of sp³-hybridized carbons (Fsp3) is 0.409. The Kier molecular flexibility index (Phi) is 6.00. The number of ether oxygens (including phenoxy) is 1. The monoisotopic (exact) mass is 487 g/mol. The number of thiazole rings is 1. The van der Waals surface area contributed by atoms with Gasteiger partial charge in [0.2, 0.25) is 11.3 Å². The van der Waals surface area contributed by atoms with E-state index in [-0.39, 0.29) is 47.9 Å². The van der Waals surface area contributed by atoms with Crippen LogP contribution in [0.2, 0.25) is 0 Å². The number of hydrogen-bond acceptors (Lipinski definition) is 8. The van der Waals surface area contributed by atoms with Crippen LogP contribution < -0.4 is 15.6 Å². The van der Waals surface area contributed by atoms with Gasteiger partial charge in [-0.1, -0.05) is 0 Å². The molecule has 0 saturated carbocycles.